The molecule has 1 aliphatic carbocycles. The van der Waals surface area contributed by atoms with Gasteiger partial charge in [-0.3, -0.25) is 4.79 Å². The summed E-state index contributed by atoms with van der Waals surface area (Å²) in [6, 6.07) is 6.77. The third-order valence-electron chi connectivity index (χ3n) is 5.52. The molecule has 1 amide bonds. The van der Waals surface area contributed by atoms with E-state index in [0.29, 0.717) is 5.41 Å². The number of carbonyl (C=O) groups excluding carboxylic acids is 1. The fourth-order valence-corrected chi connectivity index (χ4v) is 3.99. The summed E-state index contributed by atoms with van der Waals surface area (Å²) in [4.78, 5) is 12.5. The molecule has 2 fully saturated rings. The summed E-state index contributed by atoms with van der Waals surface area (Å²) in [6.07, 6.45) is 4.34. The second-order valence-corrected chi connectivity index (χ2v) is 7.41. The van der Waals surface area contributed by atoms with E-state index >= 15 is 0 Å². The molecule has 0 radical (unpaired) electrons. The maximum absolute atomic E-state index is 12.5. The average Bonchev–Trinajstić information content (AvgIpc) is 3.16. The molecule has 2 N–H and O–H groups in total. The highest BCUT2D eigenvalue weighted by molar-refractivity contribution is 5.85. The number of hydrogen-bond donors (Lipinski definition) is 2. The zero-order valence-electron chi connectivity index (χ0n) is 14.4. The molecule has 1 heterocycles. The van der Waals surface area contributed by atoms with Crippen molar-refractivity contribution in [3.63, 3.8) is 0 Å². The molecule has 0 bridgehead atoms. The molecule has 2 unspecified atom stereocenters. The number of aryl methyl sites for hydroxylation is 2. The van der Waals surface area contributed by atoms with Gasteiger partial charge in [0.15, 0.2) is 0 Å². The number of benzene rings is 1. The van der Waals surface area contributed by atoms with E-state index in [-0.39, 0.29) is 30.3 Å². The van der Waals surface area contributed by atoms with Gasteiger partial charge in [0.25, 0.3) is 0 Å². The van der Waals surface area contributed by atoms with Gasteiger partial charge in [-0.05, 0) is 76.1 Å². The lowest BCUT2D eigenvalue weighted by atomic mass is 9.91. The van der Waals surface area contributed by atoms with E-state index in [0.717, 1.165) is 38.8 Å². The van der Waals surface area contributed by atoms with Crippen LogP contribution in [0, 0.1) is 25.2 Å². The van der Waals surface area contributed by atoms with Crippen LogP contribution in [0.15, 0.2) is 18.2 Å². The van der Waals surface area contributed by atoms with Gasteiger partial charge in [0.2, 0.25) is 5.91 Å². The summed E-state index contributed by atoms with van der Waals surface area (Å²) in [6.45, 7) is 8.54. The molecule has 1 aromatic carbocycles. The smallest absolute Gasteiger partial charge is 0.223 e. The molecule has 2 atom stereocenters. The molecule has 1 aliphatic heterocycles. The predicted octanol–water partition coefficient (Wildman–Crippen LogP) is 3.16. The van der Waals surface area contributed by atoms with Crippen LogP contribution in [0.1, 0.15) is 42.9 Å². The molecule has 128 valence electrons. The first kappa shape index (κ1) is 18.3. The van der Waals surface area contributed by atoms with Crippen molar-refractivity contribution in [3.8, 4) is 0 Å². The fraction of sp³-hybridized carbons (Fsp3) is 0.632. The van der Waals surface area contributed by atoms with E-state index in [2.05, 4.69) is 49.6 Å². The first-order chi connectivity index (χ1) is 10.5. The Kier molecular flexibility index (Phi) is 5.74. The van der Waals surface area contributed by atoms with Crippen LogP contribution in [0.3, 0.4) is 0 Å². The van der Waals surface area contributed by atoms with E-state index in [4.69, 9.17) is 0 Å². The normalized spacial score (nSPS) is 23.0. The molecule has 1 spiro atoms. The molecule has 1 saturated carbocycles. The van der Waals surface area contributed by atoms with Crippen LogP contribution in [0.4, 0.5) is 0 Å². The number of piperidine rings is 1. The minimum Gasteiger partial charge on any atom is -0.353 e. The van der Waals surface area contributed by atoms with Gasteiger partial charge in [-0.2, -0.15) is 0 Å². The quantitative estimate of drug-likeness (QED) is 0.886. The highest BCUT2D eigenvalue weighted by Crippen LogP contribution is 2.58. The summed E-state index contributed by atoms with van der Waals surface area (Å²) < 4.78 is 0. The monoisotopic (exact) mass is 336 g/mol. The zero-order valence-corrected chi connectivity index (χ0v) is 15.3. The van der Waals surface area contributed by atoms with Gasteiger partial charge in [0.05, 0.1) is 0 Å². The molecule has 1 saturated heterocycles. The van der Waals surface area contributed by atoms with Crippen LogP contribution in [-0.4, -0.2) is 25.0 Å². The second-order valence-electron chi connectivity index (χ2n) is 7.41. The van der Waals surface area contributed by atoms with E-state index in [1.165, 1.54) is 16.7 Å². The molecule has 2 aliphatic rings. The molecule has 3 rings (SSSR count). The van der Waals surface area contributed by atoms with Gasteiger partial charge in [-0.25, -0.2) is 0 Å². The number of halogens is 1. The van der Waals surface area contributed by atoms with Crippen LogP contribution in [0.2, 0.25) is 0 Å². The Hall–Kier alpha value is -1.06. The maximum Gasteiger partial charge on any atom is 0.223 e. The number of rotatable bonds is 4. The summed E-state index contributed by atoms with van der Waals surface area (Å²) in [5.74, 6) is 0.537. The van der Waals surface area contributed by atoms with Crippen LogP contribution in [0.5, 0.6) is 0 Å². The predicted molar refractivity (Wildman–Crippen MR) is 97.1 cm³/mol. The van der Waals surface area contributed by atoms with Crippen molar-refractivity contribution in [3.05, 3.63) is 34.9 Å². The zero-order chi connectivity index (χ0) is 15.7. The first-order valence-electron chi connectivity index (χ1n) is 8.57. The lowest BCUT2D eigenvalue weighted by Crippen LogP contribution is -2.38. The number of hydrogen-bond acceptors (Lipinski definition) is 2. The standard InChI is InChI=1S/C19H28N2O.ClH/c1-13-4-5-16(14(2)10-13)11-15(3)21-18(22)17-12-19(17)6-8-20-9-7-19;/h4-5,10,15,17,20H,6-9,11-12H2,1-3H3,(H,21,22);1H. The lowest BCUT2D eigenvalue weighted by molar-refractivity contribution is -0.123. The van der Waals surface area contributed by atoms with Crippen LogP contribution in [-0.2, 0) is 11.2 Å². The van der Waals surface area contributed by atoms with Gasteiger partial charge < -0.3 is 10.6 Å². The average molecular weight is 337 g/mol. The van der Waals surface area contributed by atoms with Gasteiger partial charge in [0.1, 0.15) is 0 Å². The fourth-order valence-electron chi connectivity index (χ4n) is 3.99. The van der Waals surface area contributed by atoms with Crippen molar-refractivity contribution in [2.24, 2.45) is 11.3 Å². The Morgan fingerprint density at radius 1 is 1.35 bits per heavy atom. The van der Waals surface area contributed by atoms with Crippen LogP contribution >= 0.6 is 12.4 Å². The molecule has 4 heteroatoms. The number of nitrogens with one attached hydrogen (secondary N) is 2. The third-order valence-corrected chi connectivity index (χ3v) is 5.52. The van der Waals surface area contributed by atoms with E-state index < -0.39 is 0 Å². The summed E-state index contributed by atoms with van der Waals surface area (Å²) in [5, 5.41) is 6.64. The van der Waals surface area contributed by atoms with Crippen LogP contribution < -0.4 is 10.6 Å². The van der Waals surface area contributed by atoms with Crippen LogP contribution in [0.25, 0.3) is 0 Å². The van der Waals surface area contributed by atoms with Gasteiger partial charge in [-0.1, -0.05) is 23.8 Å². The Labute approximate surface area is 146 Å². The van der Waals surface area contributed by atoms with Crippen molar-refractivity contribution < 1.29 is 4.79 Å². The SMILES string of the molecule is Cc1ccc(CC(C)NC(=O)C2CC23CCNCC3)c(C)c1.Cl. The molecule has 3 nitrogen and oxygen atoms in total. The van der Waals surface area contributed by atoms with Crippen molar-refractivity contribution in [1.82, 2.24) is 10.6 Å². The first-order valence-corrected chi connectivity index (χ1v) is 8.57. The topological polar surface area (TPSA) is 41.1 Å². The number of amides is 1. The maximum atomic E-state index is 12.5. The Balaban J connectivity index is 0.00000192. The second kappa shape index (κ2) is 7.23. The summed E-state index contributed by atoms with van der Waals surface area (Å²) in [7, 11) is 0. The van der Waals surface area contributed by atoms with Gasteiger partial charge in [0, 0.05) is 12.0 Å². The van der Waals surface area contributed by atoms with Crippen molar-refractivity contribution in [2.75, 3.05) is 13.1 Å². The molecular weight excluding hydrogens is 308 g/mol. The summed E-state index contributed by atoms with van der Waals surface area (Å²) >= 11 is 0. The molecular formula is C19H29ClN2O. The minimum absolute atomic E-state index is 0. The third kappa shape index (κ3) is 4.07. The Morgan fingerprint density at radius 2 is 2.04 bits per heavy atom. The largest absolute Gasteiger partial charge is 0.353 e. The van der Waals surface area contributed by atoms with Gasteiger partial charge in [-0.15, -0.1) is 12.4 Å². The number of carbonyl (C=O) groups is 1. The lowest BCUT2D eigenvalue weighted by Gasteiger charge is -2.24. The molecule has 0 aromatic heterocycles. The summed E-state index contributed by atoms with van der Waals surface area (Å²) in [5.41, 5.74) is 4.28. The van der Waals surface area contributed by atoms with Crippen molar-refractivity contribution >= 4 is 18.3 Å². The Bertz CT molecular complexity index is 566. The van der Waals surface area contributed by atoms with E-state index in [1.807, 2.05) is 0 Å². The highest BCUT2D eigenvalue weighted by Gasteiger charge is 2.57. The van der Waals surface area contributed by atoms with Crippen molar-refractivity contribution in [1.29, 1.82) is 0 Å². The van der Waals surface area contributed by atoms with Crippen molar-refractivity contribution in [2.45, 2.75) is 52.5 Å². The minimum atomic E-state index is 0. The highest BCUT2D eigenvalue weighted by atomic mass is 35.5. The Morgan fingerprint density at radius 3 is 2.70 bits per heavy atom. The molecule has 1 aromatic rings. The molecule has 23 heavy (non-hydrogen) atoms. The van der Waals surface area contributed by atoms with E-state index in [1.54, 1.807) is 0 Å². The van der Waals surface area contributed by atoms with E-state index in [9.17, 15) is 4.79 Å². The van der Waals surface area contributed by atoms with Gasteiger partial charge >= 0.3 is 0 Å².